The van der Waals surface area contributed by atoms with Gasteiger partial charge in [0.1, 0.15) is 5.82 Å². The van der Waals surface area contributed by atoms with Gasteiger partial charge in [-0.25, -0.2) is 4.39 Å². The highest BCUT2D eigenvalue weighted by molar-refractivity contribution is 5.44. The van der Waals surface area contributed by atoms with E-state index in [2.05, 4.69) is 0 Å². The van der Waals surface area contributed by atoms with Crippen molar-refractivity contribution in [1.29, 1.82) is 0 Å². The molecule has 0 aromatic heterocycles. The Hall–Kier alpha value is -2.27. The van der Waals surface area contributed by atoms with Gasteiger partial charge in [0, 0.05) is 12.1 Å². The highest BCUT2D eigenvalue weighted by Gasteiger charge is 2.16. The van der Waals surface area contributed by atoms with Crippen LogP contribution in [0.25, 0.3) is 0 Å². The van der Waals surface area contributed by atoms with Gasteiger partial charge in [-0.1, -0.05) is 18.2 Å². The molecule has 0 saturated heterocycles. The van der Waals surface area contributed by atoms with E-state index in [0.717, 1.165) is 5.56 Å². The van der Waals surface area contributed by atoms with Crippen molar-refractivity contribution in [2.24, 2.45) is 5.73 Å². The molecule has 0 heterocycles. The molecule has 0 bridgehead atoms. The Labute approximate surface area is 109 Å². The summed E-state index contributed by atoms with van der Waals surface area (Å²) < 4.78 is 13.2. The van der Waals surface area contributed by atoms with Gasteiger partial charge in [-0.3, -0.25) is 10.1 Å². The SMILES string of the molecule is Cc1ccc([N+](=O)[O-])cc1C(N)c1cccc(F)c1. The molecule has 0 amide bonds. The third kappa shape index (κ3) is 2.77. The van der Waals surface area contributed by atoms with Crippen LogP contribution in [0.5, 0.6) is 0 Å². The number of non-ortho nitro benzene ring substituents is 1. The third-order valence-corrected chi connectivity index (χ3v) is 3.02. The number of aryl methyl sites for hydroxylation is 1. The van der Waals surface area contributed by atoms with Crippen molar-refractivity contribution in [3.05, 3.63) is 75.1 Å². The number of hydrogen-bond donors (Lipinski definition) is 1. The van der Waals surface area contributed by atoms with Crippen LogP contribution in [-0.2, 0) is 0 Å². The minimum Gasteiger partial charge on any atom is -0.320 e. The maximum absolute atomic E-state index is 13.2. The summed E-state index contributed by atoms with van der Waals surface area (Å²) in [7, 11) is 0. The molecule has 2 aromatic rings. The summed E-state index contributed by atoms with van der Waals surface area (Å²) in [4.78, 5) is 10.3. The number of hydrogen-bond acceptors (Lipinski definition) is 3. The zero-order valence-electron chi connectivity index (χ0n) is 10.3. The van der Waals surface area contributed by atoms with Gasteiger partial charge < -0.3 is 5.73 Å². The quantitative estimate of drug-likeness (QED) is 0.681. The van der Waals surface area contributed by atoms with Crippen LogP contribution in [-0.4, -0.2) is 4.92 Å². The van der Waals surface area contributed by atoms with E-state index in [0.29, 0.717) is 11.1 Å². The van der Waals surface area contributed by atoms with E-state index >= 15 is 0 Å². The minimum atomic E-state index is -0.587. The molecule has 2 N–H and O–H groups in total. The number of nitro benzene ring substituents is 1. The second-order valence-corrected chi connectivity index (χ2v) is 4.33. The summed E-state index contributed by atoms with van der Waals surface area (Å²) in [5, 5.41) is 10.8. The molecule has 0 radical (unpaired) electrons. The van der Waals surface area contributed by atoms with Gasteiger partial charge >= 0.3 is 0 Å². The van der Waals surface area contributed by atoms with Crippen LogP contribution in [0.3, 0.4) is 0 Å². The first kappa shape index (κ1) is 13.2. The lowest BCUT2D eigenvalue weighted by atomic mass is 9.95. The van der Waals surface area contributed by atoms with Gasteiger partial charge in [0.05, 0.1) is 11.0 Å². The molecule has 0 spiro atoms. The van der Waals surface area contributed by atoms with Gasteiger partial charge in [0.15, 0.2) is 0 Å². The highest BCUT2D eigenvalue weighted by Crippen LogP contribution is 2.26. The standard InChI is InChI=1S/C14H13FN2O2/c1-9-5-6-12(17(18)19)8-13(9)14(16)10-3-2-4-11(15)7-10/h2-8,14H,16H2,1H3. The van der Waals surface area contributed by atoms with Crippen LogP contribution in [0.2, 0.25) is 0 Å². The number of nitrogens with zero attached hydrogens (tertiary/aromatic N) is 1. The van der Waals surface area contributed by atoms with Gasteiger partial charge in [0.2, 0.25) is 0 Å². The molecule has 98 valence electrons. The molecular weight excluding hydrogens is 247 g/mol. The number of nitro groups is 1. The molecule has 2 aromatic carbocycles. The van der Waals surface area contributed by atoms with Gasteiger partial charge in [-0.15, -0.1) is 0 Å². The van der Waals surface area contributed by atoms with Gasteiger partial charge in [-0.2, -0.15) is 0 Å². The van der Waals surface area contributed by atoms with Crippen molar-refractivity contribution in [2.45, 2.75) is 13.0 Å². The Kier molecular flexibility index (Phi) is 3.57. The largest absolute Gasteiger partial charge is 0.320 e. The smallest absolute Gasteiger partial charge is 0.269 e. The van der Waals surface area contributed by atoms with Crippen LogP contribution >= 0.6 is 0 Å². The Morgan fingerprint density at radius 3 is 2.63 bits per heavy atom. The summed E-state index contributed by atoms with van der Waals surface area (Å²) in [5.74, 6) is -0.379. The average molecular weight is 260 g/mol. The van der Waals surface area contributed by atoms with Crippen molar-refractivity contribution in [2.75, 3.05) is 0 Å². The summed E-state index contributed by atoms with van der Waals surface area (Å²) in [6.45, 7) is 1.82. The molecule has 1 unspecified atom stereocenters. The molecule has 0 aliphatic carbocycles. The maximum atomic E-state index is 13.2. The van der Waals surface area contributed by atoms with E-state index in [9.17, 15) is 14.5 Å². The maximum Gasteiger partial charge on any atom is 0.269 e. The van der Waals surface area contributed by atoms with E-state index in [-0.39, 0.29) is 11.5 Å². The highest BCUT2D eigenvalue weighted by atomic mass is 19.1. The van der Waals surface area contributed by atoms with Crippen LogP contribution in [0, 0.1) is 22.9 Å². The molecule has 0 saturated carbocycles. The predicted molar refractivity (Wildman–Crippen MR) is 70.3 cm³/mol. The zero-order valence-corrected chi connectivity index (χ0v) is 10.3. The van der Waals surface area contributed by atoms with E-state index in [4.69, 9.17) is 5.73 Å². The molecule has 2 rings (SSSR count). The fourth-order valence-corrected chi connectivity index (χ4v) is 1.96. The van der Waals surface area contributed by atoms with E-state index in [1.807, 2.05) is 6.92 Å². The molecule has 0 aliphatic rings. The Balaban J connectivity index is 2.46. The Morgan fingerprint density at radius 2 is 2.00 bits per heavy atom. The van der Waals surface area contributed by atoms with Gasteiger partial charge in [-0.05, 0) is 35.7 Å². The first-order chi connectivity index (χ1) is 8.99. The molecule has 4 nitrogen and oxygen atoms in total. The van der Waals surface area contributed by atoms with E-state index in [1.54, 1.807) is 18.2 Å². The van der Waals surface area contributed by atoms with Crippen LogP contribution in [0.1, 0.15) is 22.7 Å². The molecule has 5 heteroatoms. The molecule has 1 atom stereocenters. The van der Waals surface area contributed by atoms with Crippen molar-refractivity contribution in [3.63, 3.8) is 0 Å². The van der Waals surface area contributed by atoms with Crippen molar-refractivity contribution < 1.29 is 9.31 Å². The normalized spacial score (nSPS) is 12.2. The van der Waals surface area contributed by atoms with Crippen molar-refractivity contribution in [1.82, 2.24) is 0 Å². The minimum absolute atomic E-state index is 0.0209. The van der Waals surface area contributed by atoms with E-state index < -0.39 is 11.0 Å². The fourth-order valence-electron chi connectivity index (χ4n) is 1.96. The summed E-state index contributed by atoms with van der Waals surface area (Å²) in [5.41, 5.74) is 8.09. The first-order valence-corrected chi connectivity index (χ1v) is 5.75. The van der Waals surface area contributed by atoms with Crippen LogP contribution < -0.4 is 5.73 Å². The number of nitrogens with two attached hydrogens (primary N) is 1. The summed E-state index contributed by atoms with van der Waals surface area (Å²) in [6, 6.07) is 9.85. The van der Waals surface area contributed by atoms with Crippen molar-refractivity contribution in [3.8, 4) is 0 Å². The number of halogens is 1. The molecule has 0 fully saturated rings. The second kappa shape index (κ2) is 5.16. The zero-order chi connectivity index (χ0) is 14.0. The average Bonchev–Trinajstić information content (AvgIpc) is 2.38. The van der Waals surface area contributed by atoms with Crippen LogP contribution in [0.15, 0.2) is 42.5 Å². The number of benzene rings is 2. The number of rotatable bonds is 3. The second-order valence-electron chi connectivity index (χ2n) is 4.33. The van der Waals surface area contributed by atoms with E-state index in [1.165, 1.54) is 24.3 Å². The lowest BCUT2D eigenvalue weighted by Gasteiger charge is -2.15. The van der Waals surface area contributed by atoms with Gasteiger partial charge in [0.25, 0.3) is 5.69 Å². The summed E-state index contributed by atoms with van der Waals surface area (Å²) in [6.07, 6.45) is 0. The monoisotopic (exact) mass is 260 g/mol. The summed E-state index contributed by atoms with van der Waals surface area (Å²) >= 11 is 0. The topological polar surface area (TPSA) is 69.2 Å². The molecular formula is C14H13FN2O2. The molecule has 19 heavy (non-hydrogen) atoms. The lowest BCUT2D eigenvalue weighted by molar-refractivity contribution is -0.384. The first-order valence-electron chi connectivity index (χ1n) is 5.75. The lowest BCUT2D eigenvalue weighted by Crippen LogP contribution is -2.13. The third-order valence-electron chi connectivity index (χ3n) is 3.02. The fraction of sp³-hybridized carbons (Fsp3) is 0.143. The Morgan fingerprint density at radius 1 is 1.26 bits per heavy atom. The van der Waals surface area contributed by atoms with Crippen molar-refractivity contribution >= 4 is 5.69 Å². The molecule has 0 aliphatic heterocycles. The Bertz CT molecular complexity index is 629. The predicted octanol–water partition coefficient (Wildman–Crippen LogP) is 3.09. The van der Waals surface area contributed by atoms with Crippen LogP contribution in [0.4, 0.5) is 10.1 Å².